The smallest absolute Gasteiger partial charge is 0.253 e. The van der Waals surface area contributed by atoms with E-state index < -0.39 is 11.7 Å². The summed E-state index contributed by atoms with van der Waals surface area (Å²) >= 11 is 6.26. The average molecular weight is 448 g/mol. The number of benzene rings is 1. The number of hydrogen-bond acceptors (Lipinski definition) is 6. The van der Waals surface area contributed by atoms with Gasteiger partial charge in [-0.3, -0.25) is 4.79 Å². The molecule has 0 saturated carbocycles. The molecule has 1 aromatic heterocycles. The van der Waals surface area contributed by atoms with Crippen LogP contribution in [0.15, 0.2) is 47.2 Å². The number of carbonyl (C=O) groups excluding carboxylic acids is 1. The standard InChI is InChI=1S/C21H27ClFN7O/c1-5-26-11-13(24)9-19(30(3)4)29-18-10-17(15(22)12-27-18)28-20-14(21(31)25-2)7-6-8-16(20)23/h6-10,12,26H,5,11,24H2,1-4H3,(H,25,31)(H,27,28). The number of hydrogen-bond donors (Lipinski definition) is 4. The zero-order chi connectivity index (χ0) is 23.0. The Hall–Kier alpha value is -3.17. The molecule has 0 fully saturated rings. The fourth-order valence-electron chi connectivity index (χ4n) is 2.56. The van der Waals surface area contributed by atoms with Gasteiger partial charge in [0.15, 0.2) is 5.82 Å². The third-order valence-corrected chi connectivity index (χ3v) is 4.47. The molecule has 0 bridgehead atoms. The van der Waals surface area contributed by atoms with Crippen LogP contribution in [0.1, 0.15) is 17.3 Å². The number of nitrogens with zero attached hydrogens (tertiary/aromatic N) is 3. The molecule has 10 heteroatoms. The van der Waals surface area contributed by atoms with Crippen LogP contribution < -0.4 is 21.7 Å². The van der Waals surface area contributed by atoms with Gasteiger partial charge in [-0.05, 0) is 18.7 Å². The van der Waals surface area contributed by atoms with E-state index in [0.29, 0.717) is 29.6 Å². The minimum absolute atomic E-state index is 0.00694. The van der Waals surface area contributed by atoms with E-state index in [1.807, 2.05) is 21.0 Å². The number of aromatic nitrogens is 1. The number of carbonyl (C=O) groups is 1. The van der Waals surface area contributed by atoms with Gasteiger partial charge in [-0.15, -0.1) is 0 Å². The summed E-state index contributed by atoms with van der Waals surface area (Å²) in [6.07, 6.45) is 3.15. The topological polar surface area (TPSA) is 108 Å². The van der Waals surface area contributed by atoms with E-state index in [9.17, 15) is 9.18 Å². The number of halogens is 2. The van der Waals surface area contributed by atoms with Gasteiger partial charge in [-0.1, -0.05) is 24.6 Å². The van der Waals surface area contributed by atoms with Crippen molar-refractivity contribution < 1.29 is 9.18 Å². The number of likely N-dealkylation sites (N-methyl/N-ethyl adjacent to an activating group) is 2. The number of pyridine rings is 1. The number of amides is 1. The second-order valence-corrected chi connectivity index (χ2v) is 7.16. The van der Waals surface area contributed by atoms with E-state index in [1.165, 1.54) is 31.4 Å². The predicted octanol–water partition coefficient (Wildman–Crippen LogP) is 3.02. The van der Waals surface area contributed by atoms with Crippen molar-refractivity contribution >= 4 is 40.5 Å². The summed E-state index contributed by atoms with van der Waals surface area (Å²) in [7, 11) is 5.14. The first-order valence-corrected chi connectivity index (χ1v) is 10.0. The van der Waals surface area contributed by atoms with Gasteiger partial charge in [-0.25, -0.2) is 14.4 Å². The number of nitrogens with two attached hydrogens (primary N) is 1. The Morgan fingerprint density at radius 3 is 2.77 bits per heavy atom. The Bertz CT molecular complexity index is 992. The van der Waals surface area contributed by atoms with Crippen LogP contribution in [0, 0.1) is 5.82 Å². The second-order valence-electron chi connectivity index (χ2n) is 6.75. The molecule has 0 radical (unpaired) electrons. The summed E-state index contributed by atoms with van der Waals surface area (Å²) in [5.74, 6) is -0.109. The van der Waals surface area contributed by atoms with E-state index >= 15 is 0 Å². The molecule has 1 amide bonds. The number of aliphatic imine (C=N–C) groups is 1. The van der Waals surface area contributed by atoms with Crippen molar-refractivity contribution in [3.8, 4) is 0 Å². The molecule has 1 aromatic carbocycles. The van der Waals surface area contributed by atoms with Crippen LogP contribution in [-0.2, 0) is 0 Å². The maximum absolute atomic E-state index is 14.5. The number of para-hydroxylation sites is 1. The maximum Gasteiger partial charge on any atom is 0.253 e. The van der Waals surface area contributed by atoms with Crippen molar-refractivity contribution in [1.82, 2.24) is 20.5 Å². The van der Waals surface area contributed by atoms with E-state index in [1.54, 1.807) is 17.0 Å². The lowest BCUT2D eigenvalue weighted by molar-refractivity contribution is 0.0963. The maximum atomic E-state index is 14.5. The molecule has 0 saturated heterocycles. The fraction of sp³-hybridized carbons (Fsp3) is 0.286. The highest BCUT2D eigenvalue weighted by atomic mass is 35.5. The van der Waals surface area contributed by atoms with Gasteiger partial charge in [0.2, 0.25) is 0 Å². The monoisotopic (exact) mass is 447 g/mol. The largest absolute Gasteiger partial charge is 0.401 e. The van der Waals surface area contributed by atoms with Crippen molar-refractivity contribution in [1.29, 1.82) is 0 Å². The van der Waals surface area contributed by atoms with Crippen LogP contribution in [0.4, 0.5) is 21.6 Å². The van der Waals surface area contributed by atoms with Crippen LogP contribution >= 0.6 is 11.6 Å². The summed E-state index contributed by atoms with van der Waals surface area (Å²) in [6.45, 7) is 3.32. The highest BCUT2D eigenvalue weighted by molar-refractivity contribution is 6.33. The highest BCUT2D eigenvalue weighted by Gasteiger charge is 2.16. The van der Waals surface area contributed by atoms with Crippen LogP contribution in [0.2, 0.25) is 5.02 Å². The van der Waals surface area contributed by atoms with Gasteiger partial charge in [0.25, 0.3) is 5.91 Å². The lowest BCUT2D eigenvalue weighted by Crippen LogP contribution is -2.25. The van der Waals surface area contributed by atoms with Gasteiger partial charge >= 0.3 is 0 Å². The van der Waals surface area contributed by atoms with E-state index in [0.717, 1.165) is 6.54 Å². The number of amidine groups is 1. The minimum atomic E-state index is -0.591. The summed E-state index contributed by atoms with van der Waals surface area (Å²) < 4.78 is 14.5. The van der Waals surface area contributed by atoms with Crippen LogP contribution in [0.3, 0.4) is 0 Å². The van der Waals surface area contributed by atoms with Gasteiger partial charge in [0.1, 0.15) is 11.7 Å². The molecule has 0 spiro atoms. The molecule has 1 heterocycles. The Morgan fingerprint density at radius 2 is 2.13 bits per heavy atom. The number of nitrogens with one attached hydrogen (secondary N) is 3. The first kappa shape index (κ1) is 24.1. The Labute approximate surface area is 186 Å². The minimum Gasteiger partial charge on any atom is -0.401 e. The molecule has 166 valence electrons. The number of rotatable bonds is 8. The summed E-state index contributed by atoms with van der Waals surface area (Å²) in [5.41, 5.74) is 7.16. The zero-order valence-electron chi connectivity index (χ0n) is 18.0. The molecular weight excluding hydrogens is 421 g/mol. The lowest BCUT2D eigenvalue weighted by atomic mass is 10.1. The molecule has 2 aromatic rings. The Morgan fingerprint density at radius 1 is 1.39 bits per heavy atom. The normalized spacial score (nSPS) is 11.9. The molecule has 31 heavy (non-hydrogen) atoms. The predicted molar refractivity (Wildman–Crippen MR) is 124 cm³/mol. The van der Waals surface area contributed by atoms with E-state index in [-0.39, 0.29) is 16.3 Å². The summed E-state index contributed by atoms with van der Waals surface area (Å²) in [4.78, 5) is 22.7. The third kappa shape index (κ3) is 6.66. The Kier molecular flexibility index (Phi) is 8.77. The first-order chi connectivity index (χ1) is 14.8. The molecular formula is C21H27ClFN7O. The SMILES string of the molecule is CCNCC(N)=CC(=Nc1cc(Nc2c(F)cccc2C(=O)NC)c(Cl)cn1)N(C)C. The molecule has 0 unspecified atom stereocenters. The van der Waals surface area contributed by atoms with Crippen LogP contribution in [0.25, 0.3) is 0 Å². The summed E-state index contributed by atoms with van der Waals surface area (Å²) in [6, 6.07) is 5.80. The summed E-state index contributed by atoms with van der Waals surface area (Å²) in [5, 5.41) is 8.78. The van der Waals surface area contributed by atoms with E-state index in [2.05, 4.69) is 25.9 Å². The van der Waals surface area contributed by atoms with Crippen molar-refractivity contribution in [2.45, 2.75) is 6.92 Å². The first-order valence-electron chi connectivity index (χ1n) is 9.62. The highest BCUT2D eigenvalue weighted by Crippen LogP contribution is 2.31. The lowest BCUT2D eigenvalue weighted by Gasteiger charge is -2.15. The average Bonchev–Trinajstić information content (AvgIpc) is 2.74. The second kappa shape index (κ2) is 11.3. The van der Waals surface area contributed by atoms with Crippen LogP contribution in [0.5, 0.6) is 0 Å². The molecule has 2 rings (SSSR count). The quantitative estimate of drug-likeness (QED) is 0.366. The third-order valence-electron chi connectivity index (χ3n) is 4.17. The van der Waals surface area contributed by atoms with Crippen molar-refractivity contribution in [3.05, 3.63) is 58.6 Å². The zero-order valence-corrected chi connectivity index (χ0v) is 18.7. The van der Waals surface area contributed by atoms with Gasteiger partial charge in [0, 0.05) is 45.5 Å². The van der Waals surface area contributed by atoms with Crippen LogP contribution in [-0.4, -0.2) is 55.9 Å². The molecule has 8 nitrogen and oxygen atoms in total. The molecule has 5 N–H and O–H groups in total. The van der Waals surface area contributed by atoms with E-state index in [4.69, 9.17) is 17.3 Å². The van der Waals surface area contributed by atoms with Crippen molar-refractivity contribution in [3.63, 3.8) is 0 Å². The number of anilines is 2. The fourth-order valence-corrected chi connectivity index (χ4v) is 2.71. The molecule has 0 aliphatic carbocycles. The van der Waals surface area contributed by atoms with Gasteiger partial charge in [0.05, 0.1) is 28.2 Å². The molecule has 0 aliphatic rings. The van der Waals surface area contributed by atoms with Crippen molar-refractivity contribution in [2.24, 2.45) is 10.7 Å². The van der Waals surface area contributed by atoms with Gasteiger partial charge in [-0.2, -0.15) is 0 Å². The van der Waals surface area contributed by atoms with Crippen molar-refractivity contribution in [2.75, 3.05) is 39.5 Å². The van der Waals surface area contributed by atoms with Gasteiger partial charge < -0.3 is 26.6 Å². The Balaban J connectivity index is 2.43. The molecule has 0 aliphatic heterocycles. The molecule has 0 atom stereocenters.